The Labute approximate surface area is 197 Å². The van der Waals surface area contributed by atoms with E-state index in [9.17, 15) is 9.59 Å². The van der Waals surface area contributed by atoms with Gasteiger partial charge in [0.15, 0.2) is 5.96 Å². The summed E-state index contributed by atoms with van der Waals surface area (Å²) in [5, 5.41) is 2.92. The van der Waals surface area contributed by atoms with Gasteiger partial charge in [-0.1, -0.05) is 60.2 Å². The molecule has 5 N–H and O–H groups in total. The Morgan fingerprint density at radius 1 is 0.824 bits per heavy atom. The lowest BCUT2D eigenvalue weighted by Crippen LogP contribution is -2.25. The van der Waals surface area contributed by atoms with Crippen molar-refractivity contribution in [2.24, 2.45) is 16.5 Å². The molecule has 0 aliphatic heterocycles. The number of hydrogen-bond donors (Lipinski definition) is 3. The van der Waals surface area contributed by atoms with Crippen LogP contribution in [0.3, 0.4) is 0 Å². The second kappa shape index (κ2) is 9.87. The molecular weight excluding hydrogens is 426 g/mol. The third kappa shape index (κ3) is 5.21. The molecule has 3 aromatic carbocycles. The zero-order chi connectivity index (χ0) is 24.1. The third-order valence-electron chi connectivity index (χ3n) is 5.32. The molecule has 2 amide bonds. The van der Waals surface area contributed by atoms with Crippen LogP contribution in [0.2, 0.25) is 0 Å². The normalized spacial score (nSPS) is 10.5. The molecular formula is C27H25N5O2. The summed E-state index contributed by atoms with van der Waals surface area (Å²) < 4.78 is 1.88. The van der Waals surface area contributed by atoms with Crippen molar-refractivity contribution in [3.63, 3.8) is 0 Å². The van der Waals surface area contributed by atoms with Gasteiger partial charge < -0.3 is 21.4 Å². The molecule has 4 rings (SSSR count). The van der Waals surface area contributed by atoms with E-state index in [1.165, 1.54) is 0 Å². The highest BCUT2D eigenvalue weighted by atomic mass is 16.2. The zero-order valence-corrected chi connectivity index (χ0v) is 18.7. The molecule has 0 radical (unpaired) electrons. The second-order valence-electron chi connectivity index (χ2n) is 7.89. The number of guanidine groups is 1. The highest BCUT2D eigenvalue weighted by molar-refractivity contribution is 6.04. The first kappa shape index (κ1) is 22.5. The fraction of sp³-hybridized carbons (Fsp3) is 0.0741. The number of nitrogens with one attached hydrogen (secondary N) is 1. The summed E-state index contributed by atoms with van der Waals surface area (Å²) in [4.78, 5) is 28.6. The third-order valence-corrected chi connectivity index (χ3v) is 5.32. The molecule has 0 atom stereocenters. The van der Waals surface area contributed by atoms with Crippen LogP contribution in [-0.2, 0) is 11.3 Å². The minimum Gasteiger partial charge on any atom is -0.370 e. The number of aliphatic imine (C=N–C) groups is 1. The number of aromatic nitrogens is 1. The van der Waals surface area contributed by atoms with Gasteiger partial charge in [0.05, 0.1) is 0 Å². The smallest absolute Gasteiger partial charge is 0.268 e. The van der Waals surface area contributed by atoms with Crippen LogP contribution in [0.1, 0.15) is 15.9 Å². The number of nitrogens with two attached hydrogens (primary N) is 2. The zero-order valence-electron chi connectivity index (χ0n) is 18.7. The number of nitrogens with zero attached hydrogens (tertiary/aromatic N) is 2. The number of rotatable bonds is 6. The predicted molar refractivity (Wildman–Crippen MR) is 135 cm³/mol. The lowest BCUT2D eigenvalue weighted by molar-refractivity contribution is -0.118. The fourth-order valence-corrected chi connectivity index (χ4v) is 3.78. The first-order valence-electron chi connectivity index (χ1n) is 10.8. The molecule has 0 aliphatic carbocycles. The van der Waals surface area contributed by atoms with Crippen LogP contribution in [-0.4, -0.2) is 22.3 Å². The van der Waals surface area contributed by atoms with Gasteiger partial charge in [-0.05, 0) is 54.4 Å². The average molecular weight is 452 g/mol. The van der Waals surface area contributed by atoms with E-state index >= 15 is 0 Å². The molecule has 34 heavy (non-hydrogen) atoms. The maximum Gasteiger partial charge on any atom is 0.268 e. The Kier molecular flexibility index (Phi) is 6.54. The van der Waals surface area contributed by atoms with E-state index in [-0.39, 0.29) is 18.4 Å². The average Bonchev–Trinajstić information content (AvgIpc) is 3.23. The number of hydrogen-bond acceptors (Lipinski definition) is 2. The largest absolute Gasteiger partial charge is 0.370 e. The molecule has 0 saturated heterocycles. The van der Waals surface area contributed by atoms with Crippen molar-refractivity contribution in [1.82, 2.24) is 4.57 Å². The Hall–Kier alpha value is -4.65. The number of benzene rings is 3. The van der Waals surface area contributed by atoms with E-state index < -0.39 is 5.91 Å². The summed E-state index contributed by atoms with van der Waals surface area (Å²) >= 11 is 0. The number of carbonyl (C=O) groups excluding carboxylic acids is 2. The lowest BCUT2D eigenvalue weighted by Gasteiger charge is -2.13. The molecule has 7 heteroatoms. The van der Waals surface area contributed by atoms with Crippen molar-refractivity contribution in [2.45, 2.75) is 13.5 Å². The minimum absolute atomic E-state index is 0.0176. The first-order valence-corrected chi connectivity index (χ1v) is 10.8. The summed E-state index contributed by atoms with van der Waals surface area (Å²) in [5.41, 5.74) is 16.6. The number of anilines is 1. The molecule has 0 fully saturated rings. The van der Waals surface area contributed by atoms with E-state index in [4.69, 9.17) is 11.5 Å². The van der Waals surface area contributed by atoms with Gasteiger partial charge >= 0.3 is 0 Å². The highest BCUT2D eigenvalue weighted by Crippen LogP contribution is 2.30. The molecule has 0 aliphatic rings. The topological polar surface area (TPSA) is 116 Å². The van der Waals surface area contributed by atoms with Crippen LogP contribution in [0.15, 0.2) is 96.0 Å². The summed E-state index contributed by atoms with van der Waals surface area (Å²) in [5.74, 6) is -0.889. The van der Waals surface area contributed by atoms with Crippen molar-refractivity contribution < 1.29 is 9.59 Å². The Bertz CT molecular complexity index is 1350. The SMILES string of the molecule is Cc1cccc(C(=O)Nc2ccc(-c3ccc(-c4ccccc4)n3CC(=O)N=C(N)N)cc2)c1. The minimum atomic E-state index is -0.448. The van der Waals surface area contributed by atoms with Gasteiger partial charge in [0.2, 0.25) is 0 Å². The molecule has 4 aromatic rings. The number of amides is 2. The van der Waals surface area contributed by atoms with E-state index in [0.717, 1.165) is 28.1 Å². The molecule has 1 heterocycles. The van der Waals surface area contributed by atoms with Gasteiger partial charge in [-0.3, -0.25) is 9.59 Å². The number of aryl methyl sites for hydroxylation is 1. The van der Waals surface area contributed by atoms with E-state index in [1.54, 1.807) is 6.07 Å². The second-order valence-corrected chi connectivity index (χ2v) is 7.89. The van der Waals surface area contributed by atoms with Crippen molar-refractivity contribution in [1.29, 1.82) is 0 Å². The number of carbonyl (C=O) groups is 2. The van der Waals surface area contributed by atoms with Crippen molar-refractivity contribution >= 4 is 23.5 Å². The Morgan fingerprint density at radius 3 is 2.09 bits per heavy atom. The maximum absolute atomic E-state index is 12.6. The summed E-state index contributed by atoms with van der Waals surface area (Å²) in [7, 11) is 0. The lowest BCUT2D eigenvalue weighted by atomic mass is 10.1. The highest BCUT2D eigenvalue weighted by Gasteiger charge is 2.15. The quantitative estimate of drug-likeness (QED) is 0.301. The van der Waals surface area contributed by atoms with Crippen LogP contribution in [0, 0.1) is 6.92 Å². The summed E-state index contributed by atoms with van der Waals surface area (Å²) in [6.45, 7) is 1.93. The van der Waals surface area contributed by atoms with Gasteiger partial charge in [-0.2, -0.15) is 4.99 Å². The molecule has 0 spiro atoms. The van der Waals surface area contributed by atoms with Crippen molar-refractivity contribution in [3.05, 3.63) is 102 Å². The van der Waals surface area contributed by atoms with Crippen LogP contribution >= 0.6 is 0 Å². The first-order chi connectivity index (χ1) is 16.4. The van der Waals surface area contributed by atoms with Gasteiger partial charge in [0, 0.05) is 22.6 Å². The summed E-state index contributed by atoms with van der Waals surface area (Å²) in [6.07, 6.45) is 0. The van der Waals surface area contributed by atoms with Gasteiger partial charge in [0.1, 0.15) is 6.54 Å². The van der Waals surface area contributed by atoms with Gasteiger partial charge in [-0.15, -0.1) is 0 Å². The standard InChI is InChI=1S/C27H25N5O2/c1-18-6-5-9-21(16-18)26(34)30-22-12-10-20(11-13-22)24-15-14-23(19-7-3-2-4-8-19)32(24)17-25(33)31-27(28)29/h2-16H,17H2,1H3,(H,30,34)(H4,28,29,31,33). The Morgan fingerprint density at radius 2 is 1.47 bits per heavy atom. The van der Waals surface area contributed by atoms with Crippen molar-refractivity contribution in [3.8, 4) is 22.5 Å². The predicted octanol–water partition coefficient (Wildman–Crippen LogP) is 4.18. The van der Waals surface area contributed by atoms with E-state index in [0.29, 0.717) is 11.3 Å². The van der Waals surface area contributed by atoms with Crippen LogP contribution in [0.5, 0.6) is 0 Å². The fourth-order valence-electron chi connectivity index (χ4n) is 3.78. The molecule has 0 unspecified atom stereocenters. The van der Waals surface area contributed by atoms with Gasteiger partial charge in [0.25, 0.3) is 11.8 Å². The van der Waals surface area contributed by atoms with Crippen LogP contribution < -0.4 is 16.8 Å². The van der Waals surface area contributed by atoms with Crippen molar-refractivity contribution in [2.75, 3.05) is 5.32 Å². The molecule has 1 aromatic heterocycles. The molecule has 0 bridgehead atoms. The van der Waals surface area contributed by atoms with E-state index in [2.05, 4.69) is 10.3 Å². The van der Waals surface area contributed by atoms with Gasteiger partial charge in [-0.25, -0.2) is 0 Å². The van der Waals surface area contributed by atoms with E-state index in [1.807, 2.05) is 96.4 Å². The maximum atomic E-state index is 12.6. The van der Waals surface area contributed by atoms with Crippen LogP contribution in [0.4, 0.5) is 5.69 Å². The summed E-state index contributed by atoms with van der Waals surface area (Å²) in [6, 6.07) is 28.6. The Balaban J connectivity index is 1.63. The molecule has 7 nitrogen and oxygen atoms in total. The monoisotopic (exact) mass is 451 g/mol. The molecule has 0 saturated carbocycles. The van der Waals surface area contributed by atoms with Crippen LogP contribution in [0.25, 0.3) is 22.5 Å². The molecule has 170 valence electrons.